The van der Waals surface area contributed by atoms with Crippen LogP contribution in [-0.4, -0.2) is 59.7 Å². The van der Waals surface area contributed by atoms with Gasteiger partial charge in [0.05, 0.1) is 7.11 Å². The third-order valence-corrected chi connectivity index (χ3v) is 5.11. The maximum atomic E-state index is 12.3. The molecule has 1 aromatic carbocycles. The van der Waals surface area contributed by atoms with Crippen LogP contribution in [0.4, 0.5) is 0 Å². The van der Waals surface area contributed by atoms with Gasteiger partial charge in [-0.15, -0.1) is 0 Å². The first-order valence-corrected chi connectivity index (χ1v) is 8.46. The highest BCUT2D eigenvalue weighted by Gasteiger charge is 2.44. The second kappa shape index (κ2) is 6.67. The second-order valence-corrected chi connectivity index (χ2v) is 6.85. The fourth-order valence-electron chi connectivity index (χ4n) is 3.24. The molecule has 0 aromatic heterocycles. The van der Waals surface area contributed by atoms with E-state index in [0.29, 0.717) is 31.0 Å². The van der Waals surface area contributed by atoms with Crippen LogP contribution in [0.3, 0.4) is 0 Å². The van der Waals surface area contributed by atoms with Crippen molar-refractivity contribution in [1.82, 2.24) is 9.80 Å². The van der Waals surface area contributed by atoms with E-state index in [1.165, 1.54) is 0 Å². The van der Waals surface area contributed by atoms with Gasteiger partial charge in [0.2, 0.25) is 0 Å². The lowest BCUT2D eigenvalue weighted by atomic mass is 9.79. The molecule has 0 bridgehead atoms. The number of benzene rings is 1. The van der Waals surface area contributed by atoms with E-state index in [0.717, 1.165) is 37.4 Å². The maximum Gasteiger partial charge on any atom is 0.254 e. The van der Waals surface area contributed by atoms with Crippen molar-refractivity contribution in [2.24, 2.45) is 0 Å². The molecular formula is C17H23ClN2O3. The largest absolute Gasteiger partial charge is 0.496 e. The minimum Gasteiger partial charge on any atom is -0.496 e. The summed E-state index contributed by atoms with van der Waals surface area (Å²) in [5.41, 5.74) is -0.0318. The Hall–Kier alpha value is -1.30. The van der Waals surface area contributed by atoms with Crippen LogP contribution in [0.5, 0.6) is 5.75 Å². The van der Waals surface area contributed by atoms with Crippen molar-refractivity contribution in [1.29, 1.82) is 0 Å². The normalized spacial score (nSPS) is 20.9. The number of hydrogen-bond acceptors (Lipinski definition) is 4. The van der Waals surface area contributed by atoms with Gasteiger partial charge in [0.1, 0.15) is 11.4 Å². The number of methoxy groups -OCH3 is 1. The van der Waals surface area contributed by atoms with E-state index < -0.39 is 5.60 Å². The summed E-state index contributed by atoms with van der Waals surface area (Å²) in [6.07, 6.45) is 2.15. The fourth-order valence-corrected chi connectivity index (χ4v) is 3.44. The highest BCUT2D eigenvalue weighted by Crippen LogP contribution is 2.33. The molecule has 1 aliphatic carbocycles. The summed E-state index contributed by atoms with van der Waals surface area (Å²) in [6.45, 7) is 3.64. The summed E-state index contributed by atoms with van der Waals surface area (Å²) in [5, 5.41) is 10.9. The molecule has 126 valence electrons. The van der Waals surface area contributed by atoms with Gasteiger partial charge in [-0.1, -0.05) is 11.6 Å². The molecule has 0 radical (unpaired) electrons. The summed E-state index contributed by atoms with van der Waals surface area (Å²) >= 11 is 6.07. The van der Waals surface area contributed by atoms with Crippen LogP contribution in [-0.2, 0) is 11.3 Å². The van der Waals surface area contributed by atoms with Crippen molar-refractivity contribution >= 4 is 17.5 Å². The van der Waals surface area contributed by atoms with Crippen LogP contribution in [0, 0.1) is 0 Å². The van der Waals surface area contributed by atoms with Crippen molar-refractivity contribution in [2.75, 3.05) is 33.3 Å². The molecule has 1 saturated heterocycles. The van der Waals surface area contributed by atoms with Crippen LogP contribution in [0.15, 0.2) is 18.2 Å². The number of carbonyl (C=O) groups excluding carboxylic acids is 1. The number of aliphatic hydroxyl groups is 1. The molecule has 2 fully saturated rings. The average molecular weight is 339 g/mol. The quantitative estimate of drug-likeness (QED) is 0.911. The minimum atomic E-state index is -1.08. The van der Waals surface area contributed by atoms with E-state index in [4.69, 9.17) is 16.3 Å². The monoisotopic (exact) mass is 338 g/mol. The Kier molecular flexibility index (Phi) is 4.80. The van der Waals surface area contributed by atoms with Gasteiger partial charge >= 0.3 is 0 Å². The number of carbonyl (C=O) groups is 1. The van der Waals surface area contributed by atoms with Crippen LogP contribution < -0.4 is 4.74 Å². The molecule has 1 N–H and O–H groups in total. The third-order valence-electron chi connectivity index (χ3n) is 4.87. The number of piperazine rings is 1. The lowest BCUT2D eigenvalue weighted by molar-refractivity contribution is -0.162. The molecule has 2 aliphatic rings. The van der Waals surface area contributed by atoms with Crippen molar-refractivity contribution < 1.29 is 14.6 Å². The van der Waals surface area contributed by atoms with Gasteiger partial charge in [0.25, 0.3) is 5.91 Å². The van der Waals surface area contributed by atoms with Gasteiger partial charge in [0.15, 0.2) is 0 Å². The molecule has 1 heterocycles. The van der Waals surface area contributed by atoms with Gasteiger partial charge in [-0.3, -0.25) is 9.69 Å². The molecule has 1 aliphatic heterocycles. The number of rotatable bonds is 4. The summed E-state index contributed by atoms with van der Waals surface area (Å²) in [5.74, 6) is 0.737. The first-order chi connectivity index (χ1) is 11.0. The van der Waals surface area contributed by atoms with Crippen molar-refractivity contribution in [2.45, 2.75) is 31.4 Å². The number of nitrogens with zero attached hydrogens (tertiary/aromatic N) is 2. The van der Waals surface area contributed by atoms with Crippen molar-refractivity contribution in [3.05, 3.63) is 28.8 Å². The Bertz CT molecular complexity index is 581. The zero-order valence-electron chi connectivity index (χ0n) is 13.4. The molecule has 1 aromatic rings. The predicted molar refractivity (Wildman–Crippen MR) is 88.7 cm³/mol. The summed E-state index contributed by atoms with van der Waals surface area (Å²) in [7, 11) is 1.66. The molecule has 1 amide bonds. The molecule has 6 heteroatoms. The number of halogens is 1. The lowest BCUT2D eigenvalue weighted by Crippen LogP contribution is -2.58. The number of hydrogen-bond donors (Lipinski definition) is 1. The van der Waals surface area contributed by atoms with Gasteiger partial charge < -0.3 is 14.7 Å². The van der Waals surface area contributed by atoms with Gasteiger partial charge in [0, 0.05) is 43.3 Å². The van der Waals surface area contributed by atoms with E-state index in [2.05, 4.69) is 4.90 Å². The molecule has 1 saturated carbocycles. The number of amides is 1. The van der Waals surface area contributed by atoms with E-state index in [1.807, 2.05) is 18.2 Å². The Morgan fingerprint density at radius 3 is 2.57 bits per heavy atom. The Morgan fingerprint density at radius 1 is 1.30 bits per heavy atom. The smallest absolute Gasteiger partial charge is 0.254 e. The summed E-state index contributed by atoms with van der Waals surface area (Å²) < 4.78 is 5.39. The molecular weight excluding hydrogens is 316 g/mol. The predicted octanol–water partition coefficient (Wildman–Crippen LogP) is 1.91. The van der Waals surface area contributed by atoms with Crippen LogP contribution in [0.1, 0.15) is 24.8 Å². The molecule has 23 heavy (non-hydrogen) atoms. The van der Waals surface area contributed by atoms with Crippen LogP contribution >= 0.6 is 11.6 Å². The summed E-state index contributed by atoms with van der Waals surface area (Å²) in [4.78, 5) is 16.4. The molecule has 0 spiro atoms. The Morgan fingerprint density at radius 2 is 2.00 bits per heavy atom. The molecule has 0 unspecified atom stereocenters. The van der Waals surface area contributed by atoms with Gasteiger partial charge in [-0.25, -0.2) is 0 Å². The number of ether oxygens (including phenoxy) is 1. The molecule has 5 nitrogen and oxygen atoms in total. The van der Waals surface area contributed by atoms with Gasteiger partial charge in [-0.2, -0.15) is 0 Å². The maximum absolute atomic E-state index is 12.3. The molecule has 3 rings (SSSR count). The van der Waals surface area contributed by atoms with E-state index in [1.54, 1.807) is 12.0 Å². The molecule has 0 atom stereocenters. The zero-order valence-corrected chi connectivity index (χ0v) is 14.2. The third kappa shape index (κ3) is 3.47. The average Bonchev–Trinajstić information content (AvgIpc) is 2.53. The highest BCUT2D eigenvalue weighted by molar-refractivity contribution is 6.30. The van der Waals surface area contributed by atoms with Gasteiger partial charge in [-0.05, 0) is 37.5 Å². The lowest BCUT2D eigenvalue weighted by Gasteiger charge is -2.42. The standard InChI is InChI=1S/C17H23ClN2O3/c1-23-15-4-3-14(18)11-13(15)12-19-7-9-20(10-8-19)16(21)17(22)5-2-6-17/h3-4,11,22H,2,5-10,12H2,1H3. The first kappa shape index (κ1) is 16.6. The Balaban J connectivity index is 1.57. The Labute approximate surface area is 141 Å². The topological polar surface area (TPSA) is 53.0 Å². The zero-order chi connectivity index (χ0) is 16.4. The fraction of sp³-hybridized carbons (Fsp3) is 0.588. The second-order valence-electron chi connectivity index (χ2n) is 6.41. The van der Waals surface area contributed by atoms with Crippen LogP contribution in [0.2, 0.25) is 5.02 Å². The van der Waals surface area contributed by atoms with Crippen molar-refractivity contribution in [3.8, 4) is 5.75 Å². The van der Waals surface area contributed by atoms with Crippen LogP contribution in [0.25, 0.3) is 0 Å². The minimum absolute atomic E-state index is 0.0938. The highest BCUT2D eigenvalue weighted by atomic mass is 35.5. The first-order valence-electron chi connectivity index (χ1n) is 8.08. The van der Waals surface area contributed by atoms with E-state index >= 15 is 0 Å². The SMILES string of the molecule is COc1ccc(Cl)cc1CN1CCN(C(=O)C2(O)CCC2)CC1. The van der Waals surface area contributed by atoms with E-state index in [9.17, 15) is 9.90 Å². The van der Waals surface area contributed by atoms with Crippen molar-refractivity contribution in [3.63, 3.8) is 0 Å². The van der Waals surface area contributed by atoms with E-state index in [-0.39, 0.29) is 5.91 Å². The summed E-state index contributed by atoms with van der Waals surface area (Å²) in [6, 6.07) is 5.62.